The molecule has 0 saturated heterocycles. The van der Waals surface area contributed by atoms with Crippen LogP contribution in [0.25, 0.3) is 0 Å². The zero-order valence-corrected chi connectivity index (χ0v) is 7.36. The summed E-state index contributed by atoms with van der Waals surface area (Å²) in [6, 6.07) is 0. The van der Waals surface area contributed by atoms with Crippen LogP contribution < -0.4 is 11.5 Å². The summed E-state index contributed by atoms with van der Waals surface area (Å²) in [6.07, 6.45) is 1.91. The predicted octanol–water partition coefficient (Wildman–Crippen LogP) is 0.126. The lowest BCUT2D eigenvalue weighted by molar-refractivity contribution is -0.123. The highest BCUT2D eigenvalue weighted by Gasteiger charge is 2.27. The van der Waals surface area contributed by atoms with Crippen molar-refractivity contribution in [3.63, 3.8) is 0 Å². The van der Waals surface area contributed by atoms with Crippen LogP contribution in [0, 0.1) is 5.92 Å². The molecule has 2 amide bonds. The number of primary amides is 2. The fourth-order valence-electron chi connectivity index (χ4n) is 1.67. The number of ether oxygens (including phenoxy) is 1. The van der Waals surface area contributed by atoms with E-state index in [-0.39, 0.29) is 17.9 Å². The molecule has 74 valence electrons. The minimum absolute atomic E-state index is 0.168. The third kappa shape index (κ3) is 2.93. The molecule has 0 aromatic heterocycles. The summed E-state index contributed by atoms with van der Waals surface area (Å²) < 4.78 is 4.80. The molecule has 1 aliphatic rings. The summed E-state index contributed by atoms with van der Waals surface area (Å²) in [5, 5.41) is 0. The molecule has 0 radical (unpaired) electrons. The van der Waals surface area contributed by atoms with Crippen molar-refractivity contribution in [3.8, 4) is 0 Å². The van der Waals surface area contributed by atoms with E-state index in [0.717, 1.165) is 19.3 Å². The van der Waals surface area contributed by atoms with Gasteiger partial charge in [0, 0.05) is 5.92 Å². The highest BCUT2D eigenvalue weighted by atomic mass is 16.6. The van der Waals surface area contributed by atoms with Crippen molar-refractivity contribution < 1.29 is 14.3 Å². The van der Waals surface area contributed by atoms with Gasteiger partial charge in [0.05, 0.1) is 0 Å². The second-order valence-corrected chi connectivity index (χ2v) is 3.32. The minimum Gasteiger partial charge on any atom is -0.446 e. The van der Waals surface area contributed by atoms with Gasteiger partial charge in [-0.15, -0.1) is 0 Å². The average Bonchev–Trinajstić information content (AvgIpc) is 2.03. The molecular weight excluding hydrogens is 172 g/mol. The Kier molecular flexibility index (Phi) is 3.11. The van der Waals surface area contributed by atoms with Crippen molar-refractivity contribution in [1.82, 2.24) is 0 Å². The molecule has 13 heavy (non-hydrogen) atoms. The van der Waals surface area contributed by atoms with E-state index in [9.17, 15) is 9.59 Å². The lowest BCUT2D eigenvalue weighted by Crippen LogP contribution is -2.34. The Hall–Kier alpha value is -1.26. The normalized spacial score (nSPS) is 28.0. The number of hydrogen-bond acceptors (Lipinski definition) is 3. The van der Waals surface area contributed by atoms with E-state index in [1.54, 1.807) is 0 Å². The molecule has 1 fully saturated rings. The van der Waals surface area contributed by atoms with Gasteiger partial charge in [0.1, 0.15) is 6.10 Å². The number of carbonyl (C=O) groups is 2. The highest BCUT2D eigenvalue weighted by molar-refractivity contribution is 5.76. The molecular formula is C8H14N2O3. The van der Waals surface area contributed by atoms with Gasteiger partial charge in [-0.25, -0.2) is 4.79 Å². The van der Waals surface area contributed by atoms with Crippen LogP contribution in [0.2, 0.25) is 0 Å². The van der Waals surface area contributed by atoms with Gasteiger partial charge in [-0.2, -0.15) is 0 Å². The average molecular weight is 186 g/mol. The van der Waals surface area contributed by atoms with Crippen molar-refractivity contribution in [2.45, 2.75) is 31.8 Å². The fourth-order valence-corrected chi connectivity index (χ4v) is 1.67. The predicted molar refractivity (Wildman–Crippen MR) is 45.6 cm³/mol. The third-order valence-electron chi connectivity index (χ3n) is 2.31. The van der Waals surface area contributed by atoms with Crippen molar-refractivity contribution in [1.29, 1.82) is 0 Å². The zero-order valence-electron chi connectivity index (χ0n) is 7.36. The summed E-state index contributed by atoms with van der Waals surface area (Å²) in [6.45, 7) is 0. The van der Waals surface area contributed by atoms with E-state index in [1.807, 2.05) is 0 Å². The summed E-state index contributed by atoms with van der Waals surface area (Å²) in [7, 11) is 0. The lowest BCUT2D eigenvalue weighted by Gasteiger charge is -2.26. The zero-order chi connectivity index (χ0) is 9.84. The Morgan fingerprint density at radius 1 is 1.23 bits per heavy atom. The quantitative estimate of drug-likeness (QED) is 0.641. The molecule has 0 unspecified atom stereocenters. The number of hydrogen-bond donors (Lipinski definition) is 2. The summed E-state index contributed by atoms with van der Waals surface area (Å²) in [4.78, 5) is 21.3. The van der Waals surface area contributed by atoms with Gasteiger partial charge in [0.2, 0.25) is 5.91 Å². The first kappa shape index (κ1) is 9.83. The molecule has 5 nitrogen and oxygen atoms in total. The maximum atomic E-state index is 10.8. The van der Waals surface area contributed by atoms with Gasteiger partial charge < -0.3 is 16.2 Å². The Bertz CT molecular complexity index is 217. The molecule has 4 N–H and O–H groups in total. The summed E-state index contributed by atoms with van der Waals surface area (Å²) >= 11 is 0. The fraction of sp³-hybridized carbons (Fsp3) is 0.750. The van der Waals surface area contributed by atoms with Gasteiger partial charge in [0.25, 0.3) is 0 Å². The van der Waals surface area contributed by atoms with Crippen LogP contribution in [0.15, 0.2) is 0 Å². The Morgan fingerprint density at radius 2 is 1.92 bits per heavy atom. The highest BCUT2D eigenvalue weighted by Crippen LogP contribution is 2.25. The number of carbonyl (C=O) groups excluding carboxylic acids is 2. The van der Waals surface area contributed by atoms with Crippen LogP contribution in [-0.2, 0) is 9.53 Å². The molecule has 0 spiro atoms. The summed E-state index contributed by atoms with van der Waals surface area (Å²) in [5.41, 5.74) is 10.0. The Balaban J connectivity index is 2.41. The summed E-state index contributed by atoms with van der Waals surface area (Å²) in [5.74, 6) is -0.490. The lowest BCUT2D eigenvalue weighted by atomic mass is 9.87. The molecule has 0 aromatic carbocycles. The molecule has 1 saturated carbocycles. The monoisotopic (exact) mass is 186 g/mol. The molecule has 0 bridgehead atoms. The van der Waals surface area contributed by atoms with Crippen molar-refractivity contribution in [2.24, 2.45) is 17.4 Å². The van der Waals surface area contributed by atoms with Gasteiger partial charge >= 0.3 is 6.09 Å². The SMILES string of the molecule is NC(=O)O[C@H]1CCC[C@H](C(N)=O)C1. The van der Waals surface area contributed by atoms with Crippen molar-refractivity contribution >= 4 is 12.0 Å². The van der Waals surface area contributed by atoms with E-state index < -0.39 is 6.09 Å². The third-order valence-corrected chi connectivity index (χ3v) is 2.31. The van der Waals surface area contributed by atoms with E-state index in [1.165, 1.54) is 0 Å². The topological polar surface area (TPSA) is 95.4 Å². The molecule has 2 atom stereocenters. The maximum Gasteiger partial charge on any atom is 0.404 e. The van der Waals surface area contributed by atoms with Gasteiger partial charge in [-0.3, -0.25) is 4.79 Å². The smallest absolute Gasteiger partial charge is 0.404 e. The van der Waals surface area contributed by atoms with Crippen molar-refractivity contribution in [3.05, 3.63) is 0 Å². The standard InChI is InChI=1S/C8H14N2O3/c9-7(11)5-2-1-3-6(4-5)13-8(10)12/h5-6H,1-4H2,(H2,9,11)(H2,10,12)/t5-,6-/m0/s1. The van der Waals surface area contributed by atoms with Gasteiger partial charge in [-0.1, -0.05) is 0 Å². The van der Waals surface area contributed by atoms with Crippen LogP contribution in [0.3, 0.4) is 0 Å². The van der Waals surface area contributed by atoms with Crippen LogP contribution in [0.5, 0.6) is 0 Å². The van der Waals surface area contributed by atoms with Crippen LogP contribution >= 0.6 is 0 Å². The largest absolute Gasteiger partial charge is 0.446 e. The van der Waals surface area contributed by atoms with Crippen LogP contribution in [-0.4, -0.2) is 18.1 Å². The first-order valence-corrected chi connectivity index (χ1v) is 4.35. The molecule has 1 rings (SSSR count). The molecule has 0 aliphatic heterocycles. The van der Waals surface area contributed by atoms with E-state index >= 15 is 0 Å². The second kappa shape index (κ2) is 4.11. The number of amides is 2. The second-order valence-electron chi connectivity index (χ2n) is 3.32. The minimum atomic E-state index is -0.782. The van der Waals surface area contributed by atoms with E-state index in [2.05, 4.69) is 0 Å². The van der Waals surface area contributed by atoms with Gasteiger partial charge in [0.15, 0.2) is 0 Å². The number of rotatable bonds is 2. The van der Waals surface area contributed by atoms with E-state index in [0.29, 0.717) is 6.42 Å². The molecule has 0 aromatic rings. The molecule has 1 aliphatic carbocycles. The Labute approximate surface area is 76.4 Å². The van der Waals surface area contributed by atoms with E-state index in [4.69, 9.17) is 16.2 Å². The maximum absolute atomic E-state index is 10.8. The Morgan fingerprint density at radius 3 is 2.46 bits per heavy atom. The molecule has 5 heteroatoms. The first-order valence-electron chi connectivity index (χ1n) is 4.35. The van der Waals surface area contributed by atoms with Crippen molar-refractivity contribution in [2.75, 3.05) is 0 Å². The number of nitrogens with two attached hydrogens (primary N) is 2. The van der Waals surface area contributed by atoms with Crippen LogP contribution in [0.1, 0.15) is 25.7 Å². The van der Waals surface area contributed by atoms with Gasteiger partial charge in [-0.05, 0) is 25.7 Å². The molecule has 0 heterocycles. The first-order chi connectivity index (χ1) is 6.09. The van der Waals surface area contributed by atoms with Crippen LogP contribution in [0.4, 0.5) is 4.79 Å².